The summed E-state index contributed by atoms with van der Waals surface area (Å²) in [4.78, 5) is 4.48. The van der Waals surface area contributed by atoms with Gasteiger partial charge in [0.05, 0.1) is 0 Å². The molecule has 0 aromatic carbocycles. The number of aryl methyl sites for hydroxylation is 1. The minimum Gasteiger partial charge on any atom is -0.332 e. The Bertz CT molecular complexity index is 466. The smallest absolute Gasteiger partial charge is 0.139 e. The predicted molar refractivity (Wildman–Crippen MR) is 57.2 cm³/mol. The third-order valence-electron chi connectivity index (χ3n) is 2.89. The van der Waals surface area contributed by atoms with Crippen LogP contribution in [0.1, 0.15) is 18.4 Å². The van der Waals surface area contributed by atoms with Crippen molar-refractivity contribution in [1.29, 1.82) is 0 Å². The van der Waals surface area contributed by atoms with Crippen molar-refractivity contribution in [1.82, 2.24) is 9.55 Å². The van der Waals surface area contributed by atoms with E-state index < -0.39 is 0 Å². The molecule has 14 heavy (non-hydrogen) atoms. The van der Waals surface area contributed by atoms with Crippen LogP contribution in [0.5, 0.6) is 0 Å². The zero-order valence-corrected chi connectivity index (χ0v) is 8.40. The molecule has 1 aliphatic rings. The molecule has 2 aromatic rings. The highest BCUT2D eigenvalue weighted by molar-refractivity contribution is 5.76. The Morgan fingerprint density at radius 2 is 2.36 bits per heavy atom. The molecule has 2 nitrogen and oxygen atoms in total. The van der Waals surface area contributed by atoms with Crippen molar-refractivity contribution in [3.8, 4) is 0 Å². The summed E-state index contributed by atoms with van der Waals surface area (Å²) in [6.07, 6.45) is 6.90. The van der Waals surface area contributed by atoms with E-state index in [1.165, 1.54) is 23.8 Å². The molecule has 2 heteroatoms. The standard InChI is InChI=1S/C12H14N2/c1-9-6-11-4-5-14(8-10-2-3-10)12(11)13-7-9/h4-7,10H,2-3,8H2,1H3. The number of rotatable bonds is 2. The van der Waals surface area contributed by atoms with Crippen LogP contribution in [0, 0.1) is 12.8 Å². The molecular weight excluding hydrogens is 172 g/mol. The summed E-state index contributed by atoms with van der Waals surface area (Å²) in [5, 5.41) is 1.27. The van der Waals surface area contributed by atoms with Gasteiger partial charge in [-0.15, -0.1) is 0 Å². The fraction of sp³-hybridized carbons (Fsp3) is 0.417. The molecule has 0 saturated heterocycles. The van der Waals surface area contributed by atoms with Crippen molar-refractivity contribution < 1.29 is 0 Å². The lowest BCUT2D eigenvalue weighted by molar-refractivity contribution is 0.643. The van der Waals surface area contributed by atoms with E-state index in [0.29, 0.717) is 0 Å². The molecule has 1 fully saturated rings. The summed E-state index contributed by atoms with van der Waals surface area (Å²) in [6, 6.07) is 4.36. The normalized spacial score (nSPS) is 16.4. The Balaban J connectivity index is 2.06. The fourth-order valence-electron chi connectivity index (χ4n) is 1.91. The number of hydrogen-bond donors (Lipinski definition) is 0. The van der Waals surface area contributed by atoms with Crippen LogP contribution in [0.15, 0.2) is 24.5 Å². The van der Waals surface area contributed by atoms with Gasteiger partial charge in [-0.1, -0.05) is 0 Å². The summed E-state index contributed by atoms with van der Waals surface area (Å²) in [5.41, 5.74) is 2.38. The summed E-state index contributed by atoms with van der Waals surface area (Å²) in [5.74, 6) is 0.911. The fourth-order valence-corrected chi connectivity index (χ4v) is 1.91. The van der Waals surface area contributed by atoms with Gasteiger partial charge in [0.2, 0.25) is 0 Å². The second-order valence-corrected chi connectivity index (χ2v) is 4.34. The lowest BCUT2D eigenvalue weighted by atomic mass is 10.2. The molecule has 3 rings (SSSR count). The quantitative estimate of drug-likeness (QED) is 0.705. The van der Waals surface area contributed by atoms with Gasteiger partial charge in [-0.3, -0.25) is 0 Å². The molecule has 0 bridgehead atoms. The highest BCUT2D eigenvalue weighted by Crippen LogP contribution is 2.31. The van der Waals surface area contributed by atoms with Gasteiger partial charge in [0.15, 0.2) is 0 Å². The van der Waals surface area contributed by atoms with Crippen molar-refractivity contribution in [3.05, 3.63) is 30.1 Å². The van der Waals surface area contributed by atoms with E-state index in [9.17, 15) is 0 Å². The van der Waals surface area contributed by atoms with Gasteiger partial charge in [0, 0.05) is 24.3 Å². The van der Waals surface area contributed by atoms with Gasteiger partial charge in [0.1, 0.15) is 5.65 Å². The molecule has 72 valence electrons. The van der Waals surface area contributed by atoms with Gasteiger partial charge < -0.3 is 4.57 Å². The van der Waals surface area contributed by atoms with Gasteiger partial charge >= 0.3 is 0 Å². The van der Waals surface area contributed by atoms with Gasteiger partial charge in [-0.25, -0.2) is 4.98 Å². The molecule has 0 aliphatic heterocycles. The minimum absolute atomic E-state index is 0.911. The van der Waals surface area contributed by atoms with E-state index in [4.69, 9.17) is 0 Å². The molecule has 2 aromatic heterocycles. The van der Waals surface area contributed by atoms with Crippen molar-refractivity contribution in [2.45, 2.75) is 26.3 Å². The third kappa shape index (κ3) is 1.31. The number of nitrogens with zero attached hydrogens (tertiary/aromatic N) is 2. The van der Waals surface area contributed by atoms with E-state index in [0.717, 1.165) is 18.1 Å². The maximum atomic E-state index is 4.48. The van der Waals surface area contributed by atoms with E-state index in [-0.39, 0.29) is 0 Å². The van der Waals surface area contributed by atoms with Crippen LogP contribution in [0.2, 0.25) is 0 Å². The Morgan fingerprint density at radius 3 is 3.14 bits per heavy atom. The van der Waals surface area contributed by atoms with Crippen molar-refractivity contribution in [3.63, 3.8) is 0 Å². The van der Waals surface area contributed by atoms with E-state index in [1.54, 1.807) is 0 Å². The molecule has 1 aliphatic carbocycles. The Kier molecular flexibility index (Phi) is 1.63. The van der Waals surface area contributed by atoms with Crippen LogP contribution in [0.4, 0.5) is 0 Å². The van der Waals surface area contributed by atoms with E-state index in [1.807, 2.05) is 6.20 Å². The largest absolute Gasteiger partial charge is 0.332 e. The Labute approximate surface area is 83.6 Å². The maximum Gasteiger partial charge on any atom is 0.139 e. The first kappa shape index (κ1) is 8.04. The molecule has 0 amide bonds. The highest BCUT2D eigenvalue weighted by atomic mass is 15.0. The average Bonchev–Trinajstić information content (AvgIpc) is 2.89. The second-order valence-electron chi connectivity index (χ2n) is 4.34. The molecule has 1 saturated carbocycles. The molecule has 0 radical (unpaired) electrons. The molecule has 2 heterocycles. The van der Waals surface area contributed by atoms with Crippen LogP contribution >= 0.6 is 0 Å². The van der Waals surface area contributed by atoms with E-state index in [2.05, 4.69) is 34.8 Å². The van der Waals surface area contributed by atoms with Gasteiger partial charge in [0.25, 0.3) is 0 Å². The number of aromatic nitrogens is 2. The Hall–Kier alpha value is -1.31. The van der Waals surface area contributed by atoms with E-state index >= 15 is 0 Å². The molecule has 0 unspecified atom stereocenters. The number of hydrogen-bond acceptors (Lipinski definition) is 1. The average molecular weight is 186 g/mol. The first-order valence-corrected chi connectivity index (χ1v) is 5.24. The molecule has 0 atom stereocenters. The third-order valence-corrected chi connectivity index (χ3v) is 2.89. The lowest BCUT2D eigenvalue weighted by Gasteiger charge is -2.02. The Morgan fingerprint density at radius 1 is 1.50 bits per heavy atom. The second kappa shape index (κ2) is 2.84. The summed E-state index contributed by atoms with van der Waals surface area (Å²) < 4.78 is 2.28. The van der Waals surface area contributed by atoms with Crippen molar-refractivity contribution >= 4 is 11.0 Å². The molecule has 0 N–H and O–H groups in total. The van der Waals surface area contributed by atoms with Crippen LogP contribution < -0.4 is 0 Å². The zero-order valence-electron chi connectivity index (χ0n) is 8.40. The first-order valence-electron chi connectivity index (χ1n) is 5.24. The SMILES string of the molecule is Cc1cnc2c(ccn2CC2CC2)c1. The van der Waals surface area contributed by atoms with Crippen molar-refractivity contribution in [2.75, 3.05) is 0 Å². The monoisotopic (exact) mass is 186 g/mol. The summed E-state index contributed by atoms with van der Waals surface area (Å²) in [6.45, 7) is 3.24. The van der Waals surface area contributed by atoms with Crippen molar-refractivity contribution in [2.24, 2.45) is 5.92 Å². The van der Waals surface area contributed by atoms with Gasteiger partial charge in [-0.05, 0) is 43.4 Å². The first-order chi connectivity index (χ1) is 6.83. The highest BCUT2D eigenvalue weighted by Gasteiger charge is 2.22. The molecule has 0 spiro atoms. The van der Waals surface area contributed by atoms with Crippen LogP contribution in [-0.4, -0.2) is 9.55 Å². The number of fused-ring (bicyclic) bond motifs is 1. The van der Waals surface area contributed by atoms with Gasteiger partial charge in [-0.2, -0.15) is 0 Å². The maximum absolute atomic E-state index is 4.48. The topological polar surface area (TPSA) is 17.8 Å². The van der Waals surface area contributed by atoms with Crippen LogP contribution in [0.3, 0.4) is 0 Å². The number of pyridine rings is 1. The zero-order chi connectivity index (χ0) is 9.54. The lowest BCUT2D eigenvalue weighted by Crippen LogP contribution is -1.98. The molecular formula is C12H14N2. The minimum atomic E-state index is 0.911. The summed E-state index contributed by atoms with van der Waals surface area (Å²) >= 11 is 0. The summed E-state index contributed by atoms with van der Waals surface area (Å²) in [7, 11) is 0. The van der Waals surface area contributed by atoms with Crippen LogP contribution in [-0.2, 0) is 6.54 Å². The predicted octanol–water partition coefficient (Wildman–Crippen LogP) is 2.75. The van der Waals surface area contributed by atoms with Crippen LogP contribution in [0.25, 0.3) is 11.0 Å².